The summed E-state index contributed by atoms with van der Waals surface area (Å²) in [5.41, 5.74) is -0.723. The van der Waals surface area contributed by atoms with Crippen LogP contribution in [-0.2, 0) is 4.79 Å². The summed E-state index contributed by atoms with van der Waals surface area (Å²) in [4.78, 5) is 13.9. The average Bonchev–Trinajstić information content (AvgIpc) is 3.05. The van der Waals surface area contributed by atoms with Gasteiger partial charge in [0.25, 0.3) is 0 Å². The Morgan fingerprint density at radius 2 is 2.11 bits per heavy atom. The van der Waals surface area contributed by atoms with E-state index in [0.717, 1.165) is 44.6 Å². The fourth-order valence-electron chi connectivity index (χ4n) is 2.96. The largest absolute Gasteiger partial charge is 0.480 e. The lowest BCUT2D eigenvalue weighted by Gasteiger charge is -2.26. The predicted molar refractivity (Wildman–Crippen MR) is 76.3 cm³/mol. The molecule has 4 nitrogen and oxygen atoms in total. The maximum absolute atomic E-state index is 11.4. The zero-order valence-corrected chi connectivity index (χ0v) is 12.3. The molecule has 0 bridgehead atoms. The number of carboxylic acids is 1. The number of likely N-dealkylation sites (tertiary alicyclic amines) is 1. The highest BCUT2D eigenvalue weighted by molar-refractivity contribution is 5.78. The first-order valence-corrected chi connectivity index (χ1v) is 7.73. The number of nitrogens with one attached hydrogen (secondary N) is 1. The Balaban J connectivity index is 1.65. The van der Waals surface area contributed by atoms with Crippen molar-refractivity contribution in [3.63, 3.8) is 0 Å². The van der Waals surface area contributed by atoms with Crippen molar-refractivity contribution in [2.24, 2.45) is 5.92 Å². The normalized spacial score (nSPS) is 27.4. The summed E-state index contributed by atoms with van der Waals surface area (Å²) in [7, 11) is 0. The van der Waals surface area contributed by atoms with Crippen molar-refractivity contribution in [1.29, 1.82) is 0 Å². The summed E-state index contributed by atoms with van der Waals surface area (Å²) in [6, 6.07) is 0.445. The molecule has 2 N–H and O–H groups in total. The topological polar surface area (TPSA) is 52.6 Å². The lowest BCUT2D eigenvalue weighted by atomic mass is 9.94. The molecule has 2 aliphatic rings. The van der Waals surface area contributed by atoms with Crippen molar-refractivity contribution in [3.8, 4) is 0 Å². The van der Waals surface area contributed by atoms with E-state index >= 15 is 0 Å². The van der Waals surface area contributed by atoms with Crippen molar-refractivity contribution in [1.82, 2.24) is 10.2 Å². The molecule has 0 aromatic heterocycles. The van der Waals surface area contributed by atoms with Crippen LogP contribution in [0.2, 0.25) is 0 Å². The Morgan fingerprint density at radius 1 is 1.37 bits per heavy atom. The molecule has 0 aromatic rings. The summed E-state index contributed by atoms with van der Waals surface area (Å²) in [5, 5.41) is 12.7. The van der Waals surface area contributed by atoms with Crippen LogP contribution in [0.15, 0.2) is 0 Å². The zero-order chi connectivity index (χ0) is 13.9. The second-order valence-corrected chi connectivity index (χ2v) is 6.71. The Bertz CT molecular complexity index is 317. The van der Waals surface area contributed by atoms with E-state index in [1.807, 2.05) is 6.92 Å². The lowest BCUT2D eigenvalue weighted by molar-refractivity contribution is -0.144. The van der Waals surface area contributed by atoms with Crippen LogP contribution >= 0.6 is 0 Å². The molecule has 1 aliphatic heterocycles. The standard InChI is InChI=1S/C15H28N2O2/c1-12-7-10-17(11-12)9-4-3-8-15(2,14(18)19)16-13-5-6-13/h12-13,16H,3-11H2,1-2H3,(H,18,19). The quantitative estimate of drug-likeness (QED) is 0.662. The van der Waals surface area contributed by atoms with Gasteiger partial charge in [-0.25, -0.2) is 0 Å². The van der Waals surface area contributed by atoms with E-state index in [-0.39, 0.29) is 0 Å². The van der Waals surface area contributed by atoms with Crippen LogP contribution in [-0.4, -0.2) is 47.2 Å². The van der Waals surface area contributed by atoms with Gasteiger partial charge in [-0.3, -0.25) is 10.1 Å². The van der Waals surface area contributed by atoms with Gasteiger partial charge in [0, 0.05) is 12.6 Å². The van der Waals surface area contributed by atoms with Crippen molar-refractivity contribution in [2.75, 3.05) is 19.6 Å². The number of aliphatic carboxylic acids is 1. The van der Waals surface area contributed by atoms with Crippen molar-refractivity contribution in [3.05, 3.63) is 0 Å². The lowest BCUT2D eigenvalue weighted by Crippen LogP contribution is -2.50. The van der Waals surface area contributed by atoms with Crippen LogP contribution in [0.5, 0.6) is 0 Å². The molecule has 1 aliphatic carbocycles. The highest BCUT2D eigenvalue weighted by Gasteiger charge is 2.37. The van der Waals surface area contributed by atoms with Gasteiger partial charge in [-0.05, 0) is 64.5 Å². The van der Waals surface area contributed by atoms with Crippen LogP contribution in [0.1, 0.15) is 52.4 Å². The van der Waals surface area contributed by atoms with E-state index in [1.165, 1.54) is 19.5 Å². The van der Waals surface area contributed by atoms with Crippen LogP contribution in [0.3, 0.4) is 0 Å². The molecule has 2 rings (SSSR count). The first-order valence-electron chi connectivity index (χ1n) is 7.73. The maximum Gasteiger partial charge on any atom is 0.323 e. The Labute approximate surface area is 116 Å². The minimum Gasteiger partial charge on any atom is -0.480 e. The van der Waals surface area contributed by atoms with Crippen molar-refractivity contribution in [2.45, 2.75) is 64.0 Å². The molecule has 0 spiro atoms. The van der Waals surface area contributed by atoms with Crippen LogP contribution in [0.4, 0.5) is 0 Å². The molecule has 2 fully saturated rings. The average molecular weight is 268 g/mol. The van der Waals surface area contributed by atoms with Gasteiger partial charge in [-0.1, -0.05) is 6.92 Å². The number of carboxylic acid groups (broad SMARTS) is 1. The molecule has 0 amide bonds. The smallest absolute Gasteiger partial charge is 0.323 e. The van der Waals surface area contributed by atoms with Crippen LogP contribution in [0.25, 0.3) is 0 Å². The first-order chi connectivity index (χ1) is 8.99. The summed E-state index contributed by atoms with van der Waals surface area (Å²) in [5.74, 6) is 0.134. The molecule has 2 atom stereocenters. The predicted octanol–water partition coefficient (Wildman–Crippen LogP) is 2.09. The van der Waals surface area contributed by atoms with Crippen LogP contribution in [0, 0.1) is 5.92 Å². The third kappa shape index (κ3) is 4.46. The number of carbonyl (C=O) groups is 1. The van der Waals surface area contributed by atoms with Gasteiger partial charge in [0.05, 0.1) is 0 Å². The summed E-state index contributed by atoms with van der Waals surface area (Å²) >= 11 is 0. The molecule has 4 heteroatoms. The van der Waals surface area contributed by atoms with Gasteiger partial charge >= 0.3 is 5.97 Å². The maximum atomic E-state index is 11.4. The van der Waals surface area contributed by atoms with Crippen molar-refractivity contribution >= 4 is 5.97 Å². The highest BCUT2D eigenvalue weighted by Crippen LogP contribution is 2.25. The minimum atomic E-state index is -0.723. The van der Waals surface area contributed by atoms with Crippen LogP contribution < -0.4 is 5.32 Å². The SMILES string of the molecule is CC1CCN(CCCCC(C)(NC2CC2)C(=O)O)C1. The Morgan fingerprint density at radius 3 is 2.63 bits per heavy atom. The molecule has 1 saturated heterocycles. The van der Waals surface area contributed by atoms with E-state index in [2.05, 4.69) is 17.1 Å². The number of unbranched alkanes of at least 4 members (excludes halogenated alkanes) is 1. The summed E-state index contributed by atoms with van der Waals surface area (Å²) < 4.78 is 0. The number of nitrogens with zero attached hydrogens (tertiary/aromatic N) is 1. The third-order valence-corrected chi connectivity index (χ3v) is 4.48. The van der Waals surface area contributed by atoms with E-state index in [0.29, 0.717) is 6.04 Å². The fraction of sp³-hybridized carbons (Fsp3) is 0.933. The molecular formula is C15H28N2O2. The first kappa shape index (κ1) is 14.8. The van der Waals surface area contributed by atoms with Gasteiger partial charge < -0.3 is 10.0 Å². The molecule has 1 saturated carbocycles. The molecule has 2 unspecified atom stereocenters. The summed E-state index contributed by atoms with van der Waals surface area (Å²) in [6.45, 7) is 7.71. The third-order valence-electron chi connectivity index (χ3n) is 4.48. The van der Waals surface area contributed by atoms with Crippen molar-refractivity contribution < 1.29 is 9.90 Å². The second kappa shape index (κ2) is 6.23. The number of hydrogen-bond donors (Lipinski definition) is 2. The fourth-order valence-corrected chi connectivity index (χ4v) is 2.96. The zero-order valence-electron chi connectivity index (χ0n) is 12.3. The van der Waals surface area contributed by atoms with E-state index in [9.17, 15) is 9.90 Å². The Hall–Kier alpha value is -0.610. The van der Waals surface area contributed by atoms with E-state index in [4.69, 9.17) is 0 Å². The molecule has 1 heterocycles. The number of rotatable bonds is 8. The van der Waals surface area contributed by atoms with Gasteiger partial charge in [0.2, 0.25) is 0 Å². The van der Waals surface area contributed by atoms with Gasteiger partial charge in [0.15, 0.2) is 0 Å². The molecule has 19 heavy (non-hydrogen) atoms. The molecular weight excluding hydrogens is 240 g/mol. The van der Waals surface area contributed by atoms with Gasteiger partial charge in [-0.2, -0.15) is 0 Å². The van der Waals surface area contributed by atoms with Gasteiger partial charge in [-0.15, -0.1) is 0 Å². The minimum absolute atomic E-state index is 0.445. The molecule has 0 radical (unpaired) electrons. The van der Waals surface area contributed by atoms with E-state index < -0.39 is 11.5 Å². The monoisotopic (exact) mass is 268 g/mol. The number of hydrogen-bond acceptors (Lipinski definition) is 3. The Kier molecular flexibility index (Phi) is 4.85. The molecule has 0 aromatic carbocycles. The van der Waals surface area contributed by atoms with E-state index in [1.54, 1.807) is 0 Å². The summed E-state index contributed by atoms with van der Waals surface area (Å²) in [6.07, 6.45) is 6.43. The highest BCUT2D eigenvalue weighted by atomic mass is 16.4. The second-order valence-electron chi connectivity index (χ2n) is 6.71. The molecule has 110 valence electrons. The van der Waals surface area contributed by atoms with Gasteiger partial charge in [0.1, 0.15) is 5.54 Å².